The number of hydrogen-bond donors (Lipinski definition) is 0. The number of amides is 1. The molecule has 0 saturated carbocycles. The predicted octanol–water partition coefficient (Wildman–Crippen LogP) is 2.82. The Morgan fingerprint density at radius 2 is 2.07 bits per heavy atom. The van der Waals surface area contributed by atoms with Crippen LogP contribution in [-0.4, -0.2) is 49.0 Å². The first-order valence-corrected chi connectivity index (χ1v) is 11.9. The van der Waals surface area contributed by atoms with E-state index in [1.165, 1.54) is 10.6 Å². The Kier molecular flexibility index (Phi) is 4.82. The number of carbonyl (C=O) groups is 1. The molecule has 3 heterocycles. The standard InChI is InChI=1S/C19H23N3O3S2/c1-13-20-16(12-26-13)14-6-7-17-15(11-14)8-10-21(17)19(23)18-5-3-4-9-22(18)27(2,24)25/h6-7,11-12,18H,3-5,8-10H2,1-2H3. The molecular formula is C19H23N3O3S2. The predicted molar refractivity (Wildman–Crippen MR) is 108 cm³/mol. The molecule has 0 bridgehead atoms. The molecule has 2 aliphatic rings. The zero-order valence-corrected chi connectivity index (χ0v) is 17.1. The Morgan fingerprint density at radius 1 is 1.26 bits per heavy atom. The minimum atomic E-state index is -3.39. The molecule has 8 heteroatoms. The summed E-state index contributed by atoms with van der Waals surface area (Å²) in [7, 11) is -3.39. The highest BCUT2D eigenvalue weighted by molar-refractivity contribution is 7.88. The molecule has 27 heavy (non-hydrogen) atoms. The Bertz CT molecular complexity index is 984. The van der Waals surface area contributed by atoms with Gasteiger partial charge in [0.15, 0.2) is 0 Å². The molecule has 0 aliphatic carbocycles. The second-order valence-corrected chi connectivity index (χ2v) is 10.2. The first kappa shape index (κ1) is 18.6. The number of anilines is 1. The van der Waals surface area contributed by atoms with Gasteiger partial charge in [-0.05, 0) is 43.9 Å². The third kappa shape index (κ3) is 3.53. The van der Waals surface area contributed by atoms with E-state index in [0.29, 0.717) is 19.5 Å². The van der Waals surface area contributed by atoms with Crippen molar-refractivity contribution >= 4 is 33.0 Å². The molecule has 1 unspecified atom stereocenters. The number of thiazole rings is 1. The summed E-state index contributed by atoms with van der Waals surface area (Å²) in [5.41, 5.74) is 4.03. The van der Waals surface area contributed by atoms with Crippen LogP contribution in [0.1, 0.15) is 29.8 Å². The van der Waals surface area contributed by atoms with E-state index in [9.17, 15) is 13.2 Å². The molecule has 4 rings (SSSR count). The molecule has 0 radical (unpaired) electrons. The minimum absolute atomic E-state index is 0.101. The van der Waals surface area contributed by atoms with E-state index in [4.69, 9.17) is 0 Å². The van der Waals surface area contributed by atoms with Crippen molar-refractivity contribution < 1.29 is 13.2 Å². The maximum Gasteiger partial charge on any atom is 0.245 e. The van der Waals surface area contributed by atoms with Gasteiger partial charge in [0.1, 0.15) is 6.04 Å². The SMILES string of the molecule is Cc1nc(-c2ccc3c(c2)CCN3C(=O)C2CCCCN2S(C)(=O)=O)cs1. The number of carbonyl (C=O) groups excluding carboxylic acids is 1. The molecule has 0 N–H and O–H groups in total. The van der Waals surface area contributed by atoms with Gasteiger partial charge in [-0.2, -0.15) is 4.31 Å². The molecule has 1 fully saturated rings. The fraction of sp³-hybridized carbons (Fsp3) is 0.474. The van der Waals surface area contributed by atoms with Gasteiger partial charge in [0, 0.05) is 29.7 Å². The van der Waals surface area contributed by atoms with Crippen molar-refractivity contribution in [2.45, 2.75) is 38.6 Å². The minimum Gasteiger partial charge on any atom is -0.310 e. The molecule has 1 atom stereocenters. The van der Waals surface area contributed by atoms with Crippen LogP contribution in [0.5, 0.6) is 0 Å². The van der Waals surface area contributed by atoms with Crippen LogP contribution in [-0.2, 0) is 21.2 Å². The van der Waals surface area contributed by atoms with Crippen molar-refractivity contribution in [1.82, 2.24) is 9.29 Å². The number of benzene rings is 1. The smallest absolute Gasteiger partial charge is 0.245 e. The topological polar surface area (TPSA) is 70.6 Å². The van der Waals surface area contributed by atoms with E-state index in [2.05, 4.69) is 11.1 Å². The summed E-state index contributed by atoms with van der Waals surface area (Å²) in [5, 5.41) is 3.07. The lowest BCUT2D eigenvalue weighted by atomic mass is 10.0. The number of hydrogen-bond acceptors (Lipinski definition) is 5. The van der Waals surface area contributed by atoms with Crippen molar-refractivity contribution in [3.8, 4) is 11.3 Å². The average Bonchev–Trinajstić information content (AvgIpc) is 3.26. The summed E-state index contributed by atoms with van der Waals surface area (Å²) < 4.78 is 25.6. The Hall–Kier alpha value is -1.77. The summed E-state index contributed by atoms with van der Waals surface area (Å²) in [6.07, 6.45) is 4.26. The molecule has 1 amide bonds. The third-order valence-electron chi connectivity index (χ3n) is 5.32. The zero-order valence-electron chi connectivity index (χ0n) is 15.5. The van der Waals surface area contributed by atoms with Gasteiger partial charge >= 0.3 is 0 Å². The first-order valence-electron chi connectivity index (χ1n) is 9.18. The van der Waals surface area contributed by atoms with Crippen LogP contribution in [0.25, 0.3) is 11.3 Å². The second kappa shape index (κ2) is 7.00. The van der Waals surface area contributed by atoms with Crippen molar-refractivity contribution in [1.29, 1.82) is 0 Å². The van der Waals surface area contributed by atoms with Gasteiger partial charge in [0.2, 0.25) is 15.9 Å². The molecule has 1 aromatic carbocycles. The van der Waals surface area contributed by atoms with Crippen molar-refractivity contribution in [2.24, 2.45) is 0 Å². The molecule has 144 valence electrons. The van der Waals surface area contributed by atoms with Gasteiger partial charge in [-0.3, -0.25) is 4.79 Å². The van der Waals surface area contributed by atoms with Gasteiger partial charge < -0.3 is 4.90 Å². The highest BCUT2D eigenvalue weighted by Crippen LogP contribution is 2.34. The van der Waals surface area contributed by atoms with Crippen LogP contribution in [0.2, 0.25) is 0 Å². The average molecular weight is 406 g/mol. The number of aromatic nitrogens is 1. The fourth-order valence-electron chi connectivity index (χ4n) is 4.01. The van der Waals surface area contributed by atoms with Crippen LogP contribution in [0.4, 0.5) is 5.69 Å². The maximum absolute atomic E-state index is 13.2. The zero-order chi connectivity index (χ0) is 19.2. The third-order valence-corrected chi connectivity index (χ3v) is 7.38. The Morgan fingerprint density at radius 3 is 2.78 bits per heavy atom. The van der Waals surface area contributed by atoms with Gasteiger partial charge in [-0.15, -0.1) is 11.3 Å². The Labute approximate surface area is 163 Å². The van der Waals surface area contributed by atoms with Crippen LogP contribution in [0.15, 0.2) is 23.6 Å². The Balaban J connectivity index is 1.61. The highest BCUT2D eigenvalue weighted by atomic mass is 32.2. The van der Waals surface area contributed by atoms with Crippen molar-refractivity contribution in [2.75, 3.05) is 24.2 Å². The highest BCUT2D eigenvalue weighted by Gasteiger charge is 2.38. The van der Waals surface area contributed by atoms with Gasteiger partial charge in [0.25, 0.3) is 0 Å². The molecular weight excluding hydrogens is 382 g/mol. The van der Waals surface area contributed by atoms with E-state index in [0.717, 1.165) is 46.8 Å². The summed E-state index contributed by atoms with van der Waals surface area (Å²) in [6, 6.07) is 5.48. The maximum atomic E-state index is 13.2. The lowest BCUT2D eigenvalue weighted by Gasteiger charge is -2.35. The molecule has 1 aromatic heterocycles. The monoisotopic (exact) mass is 405 g/mol. The summed E-state index contributed by atoms with van der Waals surface area (Å²) in [6.45, 7) is 3.01. The van der Waals surface area contributed by atoms with E-state index >= 15 is 0 Å². The van der Waals surface area contributed by atoms with E-state index in [1.54, 1.807) is 16.2 Å². The van der Waals surface area contributed by atoms with Crippen LogP contribution >= 0.6 is 11.3 Å². The fourth-order valence-corrected chi connectivity index (χ4v) is 5.76. The molecule has 1 saturated heterocycles. The van der Waals surface area contributed by atoms with E-state index < -0.39 is 16.1 Å². The van der Waals surface area contributed by atoms with Gasteiger partial charge in [-0.25, -0.2) is 13.4 Å². The molecule has 2 aliphatic heterocycles. The van der Waals surface area contributed by atoms with Gasteiger partial charge in [0.05, 0.1) is 17.0 Å². The normalized spacial score (nSPS) is 20.7. The molecule has 6 nitrogen and oxygen atoms in total. The molecule has 0 spiro atoms. The number of aryl methyl sites for hydroxylation is 1. The lowest BCUT2D eigenvalue weighted by Crippen LogP contribution is -2.52. The number of fused-ring (bicyclic) bond motifs is 1. The summed E-state index contributed by atoms with van der Waals surface area (Å²) in [5.74, 6) is -0.101. The van der Waals surface area contributed by atoms with E-state index in [1.807, 2.05) is 24.4 Å². The summed E-state index contributed by atoms with van der Waals surface area (Å²) >= 11 is 1.62. The van der Waals surface area contributed by atoms with Crippen LogP contribution < -0.4 is 4.90 Å². The van der Waals surface area contributed by atoms with Gasteiger partial charge in [-0.1, -0.05) is 12.5 Å². The van der Waals surface area contributed by atoms with Crippen LogP contribution in [0.3, 0.4) is 0 Å². The number of sulfonamides is 1. The molecule has 2 aromatic rings. The number of rotatable bonds is 3. The van der Waals surface area contributed by atoms with Crippen molar-refractivity contribution in [3.05, 3.63) is 34.2 Å². The second-order valence-electron chi connectivity index (χ2n) is 7.22. The van der Waals surface area contributed by atoms with Crippen molar-refractivity contribution in [3.63, 3.8) is 0 Å². The number of nitrogens with zero attached hydrogens (tertiary/aromatic N) is 3. The lowest BCUT2D eigenvalue weighted by molar-refractivity contribution is -0.123. The summed E-state index contributed by atoms with van der Waals surface area (Å²) in [4.78, 5) is 19.5. The largest absolute Gasteiger partial charge is 0.310 e. The van der Waals surface area contributed by atoms with E-state index in [-0.39, 0.29) is 5.91 Å². The number of piperidine rings is 1. The first-order chi connectivity index (χ1) is 12.8. The van der Waals surface area contributed by atoms with Crippen LogP contribution in [0, 0.1) is 6.92 Å². The quantitative estimate of drug-likeness (QED) is 0.787.